The van der Waals surface area contributed by atoms with Crippen LogP contribution in [0.25, 0.3) is 0 Å². The van der Waals surface area contributed by atoms with Crippen LogP contribution < -0.4 is 5.32 Å². The zero-order valence-corrected chi connectivity index (χ0v) is 19.3. The molecule has 0 radical (unpaired) electrons. The van der Waals surface area contributed by atoms with E-state index in [4.69, 9.17) is 9.25 Å². The second-order valence-corrected chi connectivity index (χ2v) is 10.9. The summed E-state index contributed by atoms with van der Waals surface area (Å²) in [5.74, 6) is 2.63. The average molecular weight is 441 g/mol. The molecule has 6 atom stereocenters. The van der Waals surface area contributed by atoms with E-state index in [0.717, 1.165) is 43.7 Å². The normalized spacial score (nSPS) is 39.6. The number of nitrogens with one attached hydrogen (secondary N) is 1. The van der Waals surface area contributed by atoms with Gasteiger partial charge in [-0.2, -0.15) is 0 Å². The fourth-order valence-corrected chi connectivity index (χ4v) is 7.44. The van der Waals surface area contributed by atoms with Crippen molar-refractivity contribution in [3.8, 4) is 0 Å². The molecule has 3 fully saturated rings. The Hall–Kier alpha value is -2.08. The van der Waals surface area contributed by atoms with E-state index in [1.165, 1.54) is 24.8 Å². The maximum absolute atomic E-state index is 12.0. The van der Waals surface area contributed by atoms with Gasteiger partial charge in [0.1, 0.15) is 5.76 Å². The summed E-state index contributed by atoms with van der Waals surface area (Å²) in [5.41, 5.74) is 2.83. The van der Waals surface area contributed by atoms with Gasteiger partial charge in [-0.25, -0.2) is 0 Å². The van der Waals surface area contributed by atoms with E-state index < -0.39 is 0 Å². The molecule has 4 aliphatic rings. The molecule has 6 nitrogen and oxygen atoms in total. The van der Waals surface area contributed by atoms with E-state index in [1.807, 2.05) is 6.07 Å². The largest absolute Gasteiger partial charge is 0.467 e. The molecule has 2 N–H and O–H groups in total. The van der Waals surface area contributed by atoms with Crippen molar-refractivity contribution in [3.63, 3.8) is 0 Å². The van der Waals surface area contributed by atoms with Crippen molar-refractivity contribution >= 4 is 11.6 Å². The molecule has 5 rings (SSSR count). The van der Waals surface area contributed by atoms with Crippen LogP contribution in [0.1, 0.15) is 71.0 Å². The summed E-state index contributed by atoms with van der Waals surface area (Å²) >= 11 is 0. The zero-order valence-electron chi connectivity index (χ0n) is 19.3. The summed E-state index contributed by atoms with van der Waals surface area (Å²) in [7, 11) is 0. The number of nitrogens with zero attached hydrogens (tertiary/aromatic N) is 1. The van der Waals surface area contributed by atoms with Crippen molar-refractivity contribution < 1.29 is 19.2 Å². The minimum atomic E-state index is -0.205. The molecule has 0 spiro atoms. The van der Waals surface area contributed by atoms with Crippen molar-refractivity contribution in [2.75, 3.05) is 6.61 Å². The number of carbonyl (C=O) groups excluding carboxylic acids is 1. The number of hydrogen-bond donors (Lipinski definition) is 2. The highest BCUT2D eigenvalue weighted by atomic mass is 16.6. The van der Waals surface area contributed by atoms with Crippen LogP contribution in [0.2, 0.25) is 0 Å². The van der Waals surface area contributed by atoms with Gasteiger partial charge >= 0.3 is 0 Å². The Bertz CT molecular complexity index is 907. The monoisotopic (exact) mass is 440 g/mol. The summed E-state index contributed by atoms with van der Waals surface area (Å²) in [5, 5.41) is 17.7. The lowest BCUT2D eigenvalue weighted by Crippen LogP contribution is -2.51. The van der Waals surface area contributed by atoms with Crippen LogP contribution in [0.15, 0.2) is 39.6 Å². The highest BCUT2D eigenvalue weighted by molar-refractivity contribution is 5.96. The fourth-order valence-electron chi connectivity index (χ4n) is 7.44. The van der Waals surface area contributed by atoms with E-state index in [0.29, 0.717) is 24.1 Å². The highest BCUT2D eigenvalue weighted by Crippen LogP contribution is 2.65. The van der Waals surface area contributed by atoms with Gasteiger partial charge in [0.2, 0.25) is 0 Å². The van der Waals surface area contributed by atoms with Crippen molar-refractivity contribution in [1.82, 2.24) is 5.32 Å². The van der Waals surface area contributed by atoms with Gasteiger partial charge in [-0.05, 0) is 98.2 Å². The smallest absolute Gasteiger partial charge is 0.261 e. The Morgan fingerprint density at radius 2 is 2.09 bits per heavy atom. The molecule has 1 aromatic heterocycles. The van der Waals surface area contributed by atoms with Crippen molar-refractivity contribution in [2.24, 2.45) is 33.7 Å². The third kappa shape index (κ3) is 3.70. The van der Waals surface area contributed by atoms with Gasteiger partial charge in [0, 0.05) is 0 Å². The second kappa shape index (κ2) is 8.36. The van der Waals surface area contributed by atoms with Crippen LogP contribution in [-0.2, 0) is 16.2 Å². The molecule has 174 valence electrons. The van der Waals surface area contributed by atoms with Gasteiger partial charge in [-0.1, -0.05) is 24.6 Å². The Kier molecular flexibility index (Phi) is 5.68. The first kappa shape index (κ1) is 21.7. The maximum Gasteiger partial charge on any atom is 0.261 e. The first-order valence-electron chi connectivity index (χ1n) is 12.3. The molecule has 1 heterocycles. The van der Waals surface area contributed by atoms with Crippen LogP contribution in [0, 0.1) is 28.6 Å². The average Bonchev–Trinajstić information content (AvgIpc) is 3.40. The molecule has 1 aromatic rings. The number of carbonyl (C=O) groups is 1. The molecule has 0 bridgehead atoms. The molecule has 0 aliphatic heterocycles. The third-order valence-electron chi connectivity index (χ3n) is 9.34. The standard InChI is InChI=1S/C26H36N2O4/c1-25-11-9-18(28-32-16-24(30)27-15-19-4-3-13-31-19)14-17(25)5-6-20-21-7-8-23(29)26(21,2)12-10-22(20)25/h3-4,13-14,20-23,29H,5-12,15-16H2,1-2H3,(H,27,30)/b28-18-/t20-,21-,22-,23+,25-,26-/m0/s1. The second-order valence-electron chi connectivity index (χ2n) is 10.9. The number of aliphatic hydroxyl groups excluding tert-OH is 1. The van der Waals surface area contributed by atoms with E-state index in [2.05, 4.69) is 30.4 Å². The van der Waals surface area contributed by atoms with E-state index in [9.17, 15) is 9.90 Å². The predicted octanol–water partition coefficient (Wildman–Crippen LogP) is 4.59. The predicted molar refractivity (Wildman–Crippen MR) is 122 cm³/mol. The molecule has 4 aliphatic carbocycles. The van der Waals surface area contributed by atoms with Gasteiger partial charge in [-0.3, -0.25) is 4.79 Å². The van der Waals surface area contributed by atoms with Crippen LogP contribution in [0.5, 0.6) is 0 Å². The van der Waals surface area contributed by atoms with Crippen molar-refractivity contribution in [1.29, 1.82) is 0 Å². The first-order chi connectivity index (χ1) is 15.4. The lowest BCUT2D eigenvalue weighted by molar-refractivity contribution is -0.125. The minimum Gasteiger partial charge on any atom is -0.467 e. The lowest BCUT2D eigenvalue weighted by atomic mass is 9.47. The van der Waals surface area contributed by atoms with Crippen molar-refractivity contribution in [2.45, 2.75) is 77.9 Å². The molecule has 0 saturated heterocycles. The van der Waals surface area contributed by atoms with E-state index in [-0.39, 0.29) is 29.4 Å². The topological polar surface area (TPSA) is 84.1 Å². The maximum atomic E-state index is 12.0. The molecular formula is C26H36N2O4. The number of amides is 1. The molecule has 0 unspecified atom stereocenters. The quantitative estimate of drug-likeness (QED) is 0.656. The van der Waals surface area contributed by atoms with Gasteiger partial charge in [-0.15, -0.1) is 0 Å². The Balaban J connectivity index is 1.20. The highest BCUT2D eigenvalue weighted by Gasteiger charge is 2.58. The lowest BCUT2D eigenvalue weighted by Gasteiger charge is -2.57. The Morgan fingerprint density at radius 1 is 1.22 bits per heavy atom. The molecule has 6 heteroatoms. The van der Waals surface area contributed by atoms with Crippen LogP contribution >= 0.6 is 0 Å². The molecule has 1 amide bonds. The first-order valence-corrected chi connectivity index (χ1v) is 12.3. The number of hydrogen-bond acceptors (Lipinski definition) is 5. The van der Waals surface area contributed by atoms with E-state index >= 15 is 0 Å². The number of furan rings is 1. The Morgan fingerprint density at radius 3 is 2.91 bits per heavy atom. The van der Waals surface area contributed by atoms with Crippen molar-refractivity contribution in [3.05, 3.63) is 35.8 Å². The molecule has 0 aromatic carbocycles. The number of rotatable bonds is 5. The van der Waals surface area contributed by atoms with Gasteiger partial charge in [0.25, 0.3) is 5.91 Å². The summed E-state index contributed by atoms with van der Waals surface area (Å²) < 4.78 is 5.21. The Labute approximate surface area is 190 Å². The molecule has 32 heavy (non-hydrogen) atoms. The number of fused-ring (bicyclic) bond motifs is 5. The number of aliphatic hydroxyl groups is 1. The van der Waals surface area contributed by atoms with Crippen LogP contribution in [0.3, 0.4) is 0 Å². The molecular weight excluding hydrogens is 404 g/mol. The summed E-state index contributed by atoms with van der Waals surface area (Å²) in [6.45, 7) is 5.07. The molecule has 3 saturated carbocycles. The van der Waals surface area contributed by atoms with Gasteiger partial charge < -0.3 is 19.7 Å². The minimum absolute atomic E-state index is 0.0854. The number of oxime groups is 1. The third-order valence-corrected chi connectivity index (χ3v) is 9.34. The van der Waals surface area contributed by atoms with Crippen LogP contribution in [-0.4, -0.2) is 29.4 Å². The zero-order chi connectivity index (χ0) is 22.3. The number of allylic oxidation sites excluding steroid dienone is 2. The summed E-state index contributed by atoms with van der Waals surface area (Å²) in [6.07, 6.45) is 12.6. The summed E-state index contributed by atoms with van der Waals surface area (Å²) in [6, 6.07) is 3.62. The van der Waals surface area contributed by atoms with E-state index in [1.54, 1.807) is 12.3 Å². The van der Waals surface area contributed by atoms with Gasteiger partial charge in [0.15, 0.2) is 6.61 Å². The fraction of sp³-hybridized carbons (Fsp3) is 0.692. The van der Waals surface area contributed by atoms with Crippen LogP contribution in [0.4, 0.5) is 0 Å². The van der Waals surface area contributed by atoms with Gasteiger partial charge in [0.05, 0.1) is 24.6 Å². The SMILES string of the molecule is C[C@]12CC[C@H]3[C@@H](CCC4=C/C(=N\OCC(=O)NCc5ccco5)CC[C@@]43C)[C@@H]1CC[C@H]2O. The summed E-state index contributed by atoms with van der Waals surface area (Å²) in [4.78, 5) is 17.4.